The van der Waals surface area contributed by atoms with Crippen LogP contribution in [0.15, 0.2) is 12.1 Å². The maximum atomic E-state index is 6.28. The van der Waals surface area contributed by atoms with E-state index in [2.05, 4.69) is 27.6 Å². The van der Waals surface area contributed by atoms with Gasteiger partial charge in [-0.1, -0.05) is 29.3 Å². The first kappa shape index (κ1) is 11.4. The van der Waals surface area contributed by atoms with Crippen LogP contribution in [-0.2, 0) is 0 Å². The van der Waals surface area contributed by atoms with E-state index in [0.717, 1.165) is 25.7 Å². The minimum Gasteiger partial charge on any atom is -0.252 e. The van der Waals surface area contributed by atoms with Crippen molar-refractivity contribution in [1.29, 1.82) is 0 Å². The number of aryl methyl sites for hydroxylation is 2. The third-order valence-electron chi connectivity index (χ3n) is 2.34. The molecule has 1 aromatic heterocycles. The molecule has 1 heterocycles. The normalized spacial score (nSPS) is 11.0. The monoisotopic (exact) mass is 351 g/mol. The van der Waals surface area contributed by atoms with E-state index in [1.165, 1.54) is 0 Å². The van der Waals surface area contributed by atoms with Crippen LogP contribution in [0.25, 0.3) is 10.9 Å². The first-order chi connectivity index (χ1) is 7.02. The molecule has 15 heavy (non-hydrogen) atoms. The Balaban J connectivity index is 3.04. The molecule has 0 N–H and O–H groups in total. The zero-order valence-electron chi connectivity index (χ0n) is 8.24. The Hall–Kier alpha value is -0.0600. The topological polar surface area (TPSA) is 12.9 Å². The van der Waals surface area contributed by atoms with Gasteiger partial charge in [0, 0.05) is 5.39 Å². The highest BCUT2D eigenvalue weighted by Gasteiger charge is 2.12. The van der Waals surface area contributed by atoms with E-state index in [1.54, 1.807) is 0 Å². The smallest absolute Gasteiger partial charge is 0.0765 e. The summed E-state index contributed by atoms with van der Waals surface area (Å²) in [6, 6.07) is 3.82. The Morgan fingerprint density at radius 1 is 1.20 bits per heavy atom. The van der Waals surface area contributed by atoms with Crippen LogP contribution in [0.4, 0.5) is 0 Å². The van der Waals surface area contributed by atoms with E-state index >= 15 is 0 Å². The van der Waals surface area contributed by atoms with Crippen LogP contribution in [0, 0.1) is 17.4 Å². The molecule has 0 bridgehead atoms. The molecule has 0 saturated heterocycles. The average Bonchev–Trinajstić information content (AvgIpc) is 2.20. The Kier molecular flexibility index (Phi) is 3.10. The zero-order valence-corrected chi connectivity index (χ0v) is 11.9. The van der Waals surface area contributed by atoms with Crippen molar-refractivity contribution >= 4 is 56.7 Å². The molecule has 0 fully saturated rings. The second-order valence-corrected chi connectivity index (χ2v) is 5.28. The van der Waals surface area contributed by atoms with Crippen molar-refractivity contribution in [1.82, 2.24) is 4.98 Å². The van der Waals surface area contributed by atoms with Crippen molar-refractivity contribution in [3.63, 3.8) is 0 Å². The van der Waals surface area contributed by atoms with Gasteiger partial charge in [-0.05, 0) is 48.1 Å². The van der Waals surface area contributed by atoms with Gasteiger partial charge in [-0.2, -0.15) is 0 Å². The highest BCUT2D eigenvalue weighted by molar-refractivity contribution is 14.1. The molecule has 0 atom stereocenters. The molecule has 0 radical (unpaired) electrons. The third kappa shape index (κ3) is 1.83. The van der Waals surface area contributed by atoms with E-state index < -0.39 is 0 Å². The van der Waals surface area contributed by atoms with Crippen LogP contribution in [0.1, 0.15) is 11.3 Å². The van der Waals surface area contributed by atoms with E-state index in [-0.39, 0.29) is 0 Å². The number of pyridine rings is 1. The molecular formula is C11H8Cl2IN. The molecule has 2 aromatic rings. The summed E-state index contributed by atoms with van der Waals surface area (Å²) in [6.07, 6.45) is 0. The first-order valence-electron chi connectivity index (χ1n) is 4.42. The number of aromatic nitrogens is 1. The van der Waals surface area contributed by atoms with Crippen molar-refractivity contribution in [3.8, 4) is 0 Å². The summed E-state index contributed by atoms with van der Waals surface area (Å²) in [5.41, 5.74) is 2.93. The van der Waals surface area contributed by atoms with Gasteiger partial charge in [0.25, 0.3) is 0 Å². The fourth-order valence-corrected chi connectivity index (χ4v) is 2.52. The lowest BCUT2D eigenvalue weighted by atomic mass is 10.1. The lowest BCUT2D eigenvalue weighted by Crippen LogP contribution is -1.93. The first-order valence-corrected chi connectivity index (χ1v) is 6.26. The van der Waals surface area contributed by atoms with Crippen molar-refractivity contribution < 1.29 is 0 Å². The molecule has 0 spiro atoms. The maximum Gasteiger partial charge on any atom is 0.0765 e. The van der Waals surface area contributed by atoms with E-state index in [9.17, 15) is 0 Å². The number of hydrogen-bond donors (Lipinski definition) is 0. The predicted molar refractivity (Wildman–Crippen MR) is 74.0 cm³/mol. The number of benzene rings is 1. The van der Waals surface area contributed by atoms with Gasteiger partial charge in [0.05, 0.1) is 24.8 Å². The molecule has 0 aliphatic rings. The summed E-state index contributed by atoms with van der Waals surface area (Å²) in [5, 5.41) is 2.21. The molecule has 1 aromatic carbocycles. The lowest BCUT2D eigenvalue weighted by Gasteiger charge is -2.09. The number of rotatable bonds is 0. The molecule has 2 rings (SSSR count). The highest BCUT2D eigenvalue weighted by atomic mass is 127. The Labute approximate surface area is 112 Å². The molecule has 1 nitrogen and oxygen atoms in total. The molecule has 0 saturated carbocycles. The largest absolute Gasteiger partial charge is 0.252 e. The predicted octanol–water partition coefficient (Wildman–Crippen LogP) is 4.76. The summed E-state index contributed by atoms with van der Waals surface area (Å²) in [7, 11) is 0. The number of fused-ring (bicyclic) bond motifs is 1. The van der Waals surface area contributed by atoms with Gasteiger partial charge in [-0.15, -0.1) is 0 Å². The van der Waals surface area contributed by atoms with Crippen molar-refractivity contribution in [2.45, 2.75) is 13.8 Å². The number of nitrogens with zero attached hydrogens (tertiary/aromatic N) is 1. The van der Waals surface area contributed by atoms with Gasteiger partial charge in [0.2, 0.25) is 0 Å². The van der Waals surface area contributed by atoms with Crippen LogP contribution in [-0.4, -0.2) is 4.98 Å². The second kappa shape index (κ2) is 4.07. The minimum absolute atomic E-state index is 0.658. The molecule has 78 valence electrons. The molecule has 0 aliphatic carbocycles. The SMILES string of the molecule is Cc1nc2c(C)ccc(Cl)c2c(Cl)c1I. The standard InChI is InChI=1S/C11H8Cl2IN/c1-5-3-4-7(12)8-9(13)10(14)6(2)15-11(5)8/h3-4H,1-2H3. The summed E-state index contributed by atoms with van der Waals surface area (Å²) < 4.78 is 0.967. The van der Waals surface area contributed by atoms with Gasteiger partial charge in [-0.3, -0.25) is 4.98 Å². The summed E-state index contributed by atoms with van der Waals surface area (Å²) >= 11 is 14.6. The van der Waals surface area contributed by atoms with Gasteiger partial charge in [0.15, 0.2) is 0 Å². The van der Waals surface area contributed by atoms with Crippen LogP contribution in [0.5, 0.6) is 0 Å². The maximum absolute atomic E-state index is 6.28. The van der Waals surface area contributed by atoms with Crippen LogP contribution in [0.2, 0.25) is 10.0 Å². The molecule has 0 amide bonds. The van der Waals surface area contributed by atoms with Gasteiger partial charge < -0.3 is 0 Å². The molecule has 0 unspecified atom stereocenters. The Morgan fingerprint density at radius 2 is 1.87 bits per heavy atom. The molecule has 0 aliphatic heterocycles. The van der Waals surface area contributed by atoms with E-state index in [4.69, 9.17) is 23.2 Å². The highest BCUT2D eigenvalue weighted by Crippen LogP contribution is 2.35. The summed E-state index contributed by atoms with van der Waals surface area (Å²) in [6.45, 7) is 3.96. The molecular weight excluding hydrogens is 344 g/mol. The van der Waals surface area contributed by atoms with Gasteiger partial charge in [-0.25, -0.2) is 0 Å². The van der Waals surface area contributed by atoms with Gasteiger partial charge >= 0.3 is 0 Å². The Morgan fingerprint density at radius 3 is 2.53 bits per heavy atom. The quantitative estimate of drug-likeness (QED) is 0.623. The number of hydrogen-bond acceptors (Lipinski definition) is 1. The van der Waals surface area contributed by atoms with Crippen LogP contribution in [0.3, 0.4) is 0 Å². The van der Waals surface area contributed by atoms with Crippen LogP contribution >= 0.6 is 45.8 Å². The Bertz CT molecular complexity index is 552. The zero-order chi connectivity index (χ0) is 11.2. The van der Waals surface area contributed by atoms with Gasteiger partial charge in [0.1, 0.15) is 0 Å². The van der Waals surface area contributed by atoms with Crippen molar-refractivity contribution in [3.05, 3.63) is 37.0 Å². The molecule has 4 heteroatoms. The van der Waals surface area contributed by atoms with E-state index in [0.29, 0.717) is 10.0 Å². The number of halogens is 3. The second-order valence-electron chi connectivity index (χ2n) is 3.41. The van der Waals surface area contributed by atoms with E-state index in [1.807, 2.05) is 26.0 Å². The van der Waals surface area contributed by atoms with Crippen molar-refractivity contribution in [2.24, 2.45) is 0 Å². The lowest BCUT2D eigenvalue weighted by molar-refractivity contribution is 1.22. The summed E-state index contributed by atoms with van der Waals surface area (Å²) in [4.78, 5) is 4.52. The van der Waals surface area contributed by atoms with Crippen LogP contribution < -0.4 is 0 Å². The summed E-state index contributed by atoms with van der Waals surface area (Å²) in [5.74, 6) is 0. The van der Waals surface area contributed by atoms with Crippen molar-refractivity contribution in [2.75, 3.05) is 0 Å². The average molecular weight is 352 g/mol. The fourth-order valence-electron chi connectivity index (χ4n) is 1.51. The third-order valence-corrected chi connectivity index (χ3v) is 4.67. The minimum atomic E-state index is 0.658. The fraction of sp³-hybridized carbons (Fsp3) is 0.182.